The molecule has 2 N–H and O–H groups in total. The Bertz CT molecular complexity index is 659. The Morgan fingerprint density at radius 3 is 2.57 bits per heavy atom. The predicted octanol–water partition coefficient (Wildman–Crippen LogP) is 3.68. The Morgan fingerprint density at radius 1 is 1.19 bits per heavy atom. The Labute approximate surface area is 129 Å². The first kappa shape index (κ1) is 15.0. The number of hydrogen-bond donors (Lipinski definition) is 2. The van der Waals surface area contributed by atoms with Crippen LogP contribution in [-0.2, 0) is 6.54 Å². The molecule has 0 radical (unpaired) electrons. The molecule has 6 nitrogen and oxygen atoms in total. The molecular weight excluding hydrogens is 338 g/mol. The Morgan fingerprint density at radius 2 is 1.90 bits per heavy atom. The van der Waals surface area contributed by atoms with E-state index in [1.165, 1.54) is 18.2 Å². The average Bonchev–Trinajstić information content (AvgIpc) is 2.47. The zero-order valence-electron chi connectivity index (χ0n) is 10.9. The number of benzene rings is 2. The van der Waals surface area contributed by atoms with Crippen molar-refractivity contribution in [2.24, 2.45) is 0 Å². The molecule has 0 fully saturated rings. The van der Waals surface area contributed by atoms with Crippen molar-refractivity contribution < 1.29 is 9.72 Å². The summed E-state index contributed by atoms with van der Waals surface area (Å²) in [6.07, 6.45) is 0. The number of carbonyl (C=O) groups is 1. The Hall–Kier alpha value is -2.41. The van der Waals surface area contributed by atoms with E-state index in [2.05, 4.69) is 26.6 Å². The quantitative estimate of drug-likeness (QED) is 0.652. The molecule has 0 spiro atoms. The molecular formula is C14H12BrN3O3. The topological polar surface area (TPSA) is 84.3 Å². The van der Waals surface area contributed by atoms with Gasteiger partial charge in [0.2, 0.25) is 0 Å². The molecule has 0 atom stereocenters. The van der Waals surface area contributed by atoms with Gasteiger partial charge in [-0.05, 0) is 23.8 Å². The lowest BCUT2D eigenvalue weighted by Gasteiger charge is -2.07. The second-order valence-corrected chi connectivity index (χ2v) is 5.16. The summed E-state index contributed by atoms with van der Waals surface area (Å²) in [5.41, 5.74) is 1.26. The van der Waals surface area contributed by atoms with Crippen LogP contribution < -0.4 is 10.6 Å². The summed E-state index contributed by atoms with van der Waals surface area (Å²) in [5.74, 6) is 0. The van der Waals surface area contributed by atoms with E-state index in [1.807, 2.05) is 24.3 Å². The Kier molecular flexibility index (Phi) is 4.89. The van der Waals surface area contributed by atoms with Crippen LogP contribution in [0.15, 0.2) is 53.0 Å². The highest BCUT2D eigenvalue weighted by Crippen LogP contribution is 2.16. The largest absolute Gasteiger partial charge is 0.334 e. The SMILES string of the molecule is O=C(NCc1ccc(Br)cc1)Nc1cccc([N+](=O)[O-])c1. The molecule has 2 rings (SSSR count). The van der Waals surface area contributed by atoms with Crippen molar-refractivity contribution in [2.45, 2.75) is 6.54 Å². The van der Waals surface area contributed by atoms with E-state index in [-0.39, 0.29) is 5.69 Å². The van der Waals surface area contributed by atoms with Crippen LogP contribution in [0.1, 0.15) is 5.56 Å². The fraction of sp³-hybridized carbons (Fsp3) is 0.0714. The minimum Gasteiger partial charge on any atom is -0.334 e. The molecule has 2 aromatic carbocycles. The lowest BCUT2D eigenvalue weighted by Crippen LogP contribution is -2.28. The van der Waals surface area contributed by atoms with Crippen LogP contribution in [0.2, 0.25) is 0 Å². The fourth-order valence-corrected chi connectivity index (χ4v) is 1.92. The lowest BCUT2D eigenvalue weighted by molar-refractivity contribution is -0.384. The third-order valence-electron chi connectivity index (χ3n) is 2.68. The zero-order chi connectivity index (χ0) is 15.2. The zero-order valence-corrected chi connectivity index (χ0v) is 12.5. The number of nitro groups is 1. The highest BCUT2D eigenvalue weighted by molar-refractivity contribution is 9.10. The Balaban J connectivity index is 1.91. The number of nitrogens with zero attached hydrogens (tertiary/aromatic N) is 1. The van der Waals surface area contributed by atoms with Gasteiger partial charge < -0.3 is 10.6 Å². The van der Waals surface area contributed by atoms with Gasteiger partial charge in [-0.3, -0.25) is 10.1 Å². The molecule has 0 aliphatic heterocycles. The van der Waals surface area contributed by atoms with Gasteiger partial charge in [0.25, 0.3) is 5.69 Å². The van der Waals surface area contributed by atoms with Crippen LogP contribution >= 0.6 is 15.9 Å². The van der Waals surface area contributed by atoms with Crippen molar-refractivity contribution >= 4 is 33.3 Å². The molecule has 0 aliphatic rings. The van der Waals surface area contributed by atoms with Crippen LogP contribution in [0.3, 0.4) is 0 Å². The third kappa shape index (κ3) is 4.57. The average molecular weight is 350 g/mol. The predicted molar refractivity (Wildman–Crippen MR) is 83.1 cm³/mol. The van der Waals surface area contributed by atoms with Gasteiger partial charge in [0.1, 0.15) is 0 Å². The number of hydrogen-bond acceptors (Lipinski definition) is 3. The summed E-state index contributed by atoms with van der Waals surface area (Å²) in [6, 6.07) is 12.9. The van der Waals surface area contributed by atoms with Gasteiger partial charge in [-0.15, -0.1) is 0 Å². The van der Waals surface area contributed by atoms with Gasteiger partial charge in [-0.25, -0.2) is 4.79 Å². The van der Waals surface area contributed by atoms with Crippen LogP contribution in [0, 0.1) is 10.1 Å². The van der Waals surface area contributed by atoms with Gasteiger partial charge in [-0.1, -0.05) is 34.1 Å². The maximum atomic E-state index is 11.7. The van der Waals surface area contributed by atoms with Crippen LogP contribution in [0.4, 0.5) is 16.2 Å². The molecule has 2 amide bonds. The first-order chi connectivity index (χ1) is 10.0. The fourth-order valence-electron chi connectivity index (χ4n) is 1.66. The second kappa shape index (κ2) is 6.85. The standard InChI is InChI=1S/C14H12BrN3O3/c15-11-6-4-10(5-7-11)9-16-14(19)17-12-2-1-3-13(8-12)18(20)21/h1-8H,9H2,(H2,16,17,19). The number of non-ortho nitro benzene ring substituents is 1. The van der Waals surface area contributed by atoms with Crippen LogP contribution in [0.5, 0.6) is 0 Å². The summed E-state index contributed by atoms with van der Waals surface area (Å²) in [5, 5.41) is 15.9. The van der Waals surface area contributed by atoms with Crippen molar-refractivity contribution in [3.8, 4) is 0 Å². The first-order valence-electron chi connectivity index (χ1n) is 6.08. The van der Waals surface area contributed by atoms with E-state index in [0.29, 0.717) is 12.2 Å². The van der Waals surface area contributed by atoms with Crippen molar-refractivity contribution in [3.05, 3.63) is 68.7 Å². The van der Waals surface area contributed by atoms with Crippen molar-refractivity contribution in [1.82, 2.24) is 5.32 Å². The molecule has 21 heavy (non-hydrogen) atoms. The van der Waals surface area contributed by atoms with Crippen molar-refractivity contribution in [3.63, 3.8) is 0 Å². The van der Waals surface area contributed by atoms with Crippen LogP contribution in [0.25, 0.3) is 0 Å². The molecule has 0 aromatic heterocycles. The highest BCUT2D eigenvalue weighted by atomic mass is 79.9. The number of rotatable bonds is 4. The first-order valence-corrected chi connectivity index (χ1v) is 6.87. The van der Waals surface area contributed by atoms with Gasteiger partial charge in [0, 0.05) is 28.8 Å². The van der Waals surface area contributed by atoms with Gasteiger partial charge in [-0.2, -0.15) is 0 Å². The maximum Gasteiger partial charge on any atom is 0.319 e. The number of halogens is 1. The van der Waals surface area contributed by atoms with E-state index in [0.717, 1.165) is 10.0 Å². The second-order valence-electron chi connectivity index (χ2n) is 4.24. The van der Waals surface area contributed by atoms with Crippen molar-refractivity contribution in [2.75, 3.05) is 5.32 Å². The summed E-state index contributed by atoms with van der Waals surface area (Å²) in [6.45, 7) is 0.369. The summed E-state index contributed by atoms with van der Waals surface area (Å²) in [7, 11) is 0. The van der Waals surface area contributed by atoms with E-state index in [4.69, 9.17) is 0 Å². The molecule has 0 heterocycles. The monoisotopic (exact) mass is 349 g/mol. The van der Waals surface area contributed by atoms with E-state index >= 15 is 0 Å². The molecule has 0 aliphatic carbocycles. The van der Waals surface area contributed by atoms with E-state index in [9.17, 15) is 14.9 Å². The minimum absolute atomic E-state index is 0.0688. The maximum absolute atomic E-state index is 11.7. The summed E-state index contributed by atoms with van der Waals surface area (Å²) in [4.78, 5) is 21.9. The summed E-state index contributed by atoms with van der Waals surface area (Å²) < 4.78 is 0.965. The molecule has 0 bridgehead atoms. The van der Waals surface area contributed by atoms with Gasteiger partial charge in [0.15, 0.2) is 0 Å². The smallest absolute Gasteiger partial charge is 0.319 e. The molecule has 108 valence electrons. The van der Waals surface area contributed by atoms with Crippen LogP contribution in [-0.4, -0.2) is 11.0 Å². The number of carbonyl (C=O) groups excluding carboxylic acids is 1. The molecule has 0 saturated carbocycles. The third-order valence-corrected chi connectivity index (χ3v) is 3.21. The number of nitrogens with one attached hydrogen (secondary N) is 2. The van der Waals surface area contributed by atoms with Crippen molar-refractivity contribution in [1.29, 1.82) is 0 Å². The van der Waals surface area contributed by atoms with Gasteiger partial charge in [0.05, 0.1) is 4.92 Å². The number of anilines is 1. The lowest BCUT2D eigenvalue weighted by atomic mass is 10.2. The highest BCUT2D eigenvalue weighted by Gasteiger charge is 2.07. The number of amides is 2. The molecule has 7 heteroatoms. The number of urea groups is 1. The molecule has 0 saturated heterocycles. The van der Waals surface area contributed by atoms with E-state index < -0.39 is 11.0 Å². The normalized spacial score (nSPS) is 9.95. The van der Waals surface area contributed by atoms with E-state index in [1.54, 1.807) is 6.07 Å². The molecule has 2 aromatic rings. The minimum atomic E-state index is -0.509. The molecule has 0 unspecified atom stereocenters. The summed E-state index contributed by atoms with van der Waals surface area (Å²) >= 11 is 3.33. The number of nitro benzene ring substituents is 1. The van der Waals surface area contributed by atoms with Gasteiger partial charge >= 0.3 is 6.03 Å².